The van der Waals surface area contributed by atoms with Crippen LogP contribution in [0.15, 0.2) is 24.3 Å². The van der Waals surface area contributed by atoms with E-state index < -0.39 is 11.4 Å². The predicted molar refractivity (Wildman–Crippen MR) is 78.8 cm³/mol. The Bertz CT molecular complexity index is 474. The average Bonchev–Trinajstić information content (AvgIpc) is 2.36. The Kier molecular flexibility index (Phi) is 5.96. The number of halogens is 1. The van der Waals surface area contributed by atoms with Crippen molar-refractivity contribution in [3.05, 3.63) is 30.1 Å². The van der Waals surface area contributed by atoms with E-state index in [0.717, 1.165) is 0 Å². The zero-order valence-corrected chi connectivity index (χ0v) is 12.9. The Labute approximate surface area is 124 Å². The van der Waals surface area contributed by atoms with Crippen molar-refractivity contribution in [2.45, 2.75) is 32.5 Å². The molecular weight excluding hydrogens is 275 g/mol. The molecule has 0 saturated carbocycles. The Hall–Kier alpha value is -1.82. The van der Waals surface area contributed by atoms with Crippen molar-refractivity contribution < 1.29 is 19.0 Å². The van der Waals surface area contributed by atoms with Gasteiger partial charge < -0.3 is 20.1 Å². The first kappa shape index (κ1) is 17.2. The summed E-state index contributed by atoms with van der Waals surface area (Å²) >= 11 is 0. The SMILES string of the molecule is CC(CNC(=O)N(C)CC(C)(C)O)Oc1ccccc1F. The standard InChI is InChI=1S/C15H23FN2O3/c1-11(21-13-8-6-5-7-12(13)16)9-17-14(19)18(4)10-15(2,3)20/h5-8,11,20H,9-10H2,1-4H3,(H,17,19). The molecule has 2 amide bonds. The summed E-state index contributed by atoms with van der Waals surface area (Å²) in [5.41, 5.74) is -0.957. The minimum absolute atomic E-state index is 0.157. The Morgan fingerprint density at radius 2 is 2.10 bits per heavy atom. The second-order valence-corrected chi connectivity index (χ2v) is 5.71. The first-order valence-corrected chi connectivity index (χ1v) is 6.81. The van der Waals surface area contributed by atoms with E-state index in [0.29, 0.717) is 0 Å². The number of benzene rings is 1. The highest BCUT2D eigenvalue weighted by Crippen LogP contribution is 2.16. The number of amides is 2. The molecule has 0 saturated heterocycles. The molecule has 1 atom stereocenters. The Morgan fingerprint density at radius 1 is 1.48 bits per heavy atom. The lowest BCUT2D eigenvalue weighted by molar-refractivity contribution is 0.0528. The van der Waals surface area contributed by atoms with Crippen LogP contribution in [-0.2, 0) is 0 Å². The average molecular weight is 298 g/mol. The number of urea groups is 1. The van der Waals surface area contributed by atoms with Gasteiger partial charge in [0.05, 0.1) is 18.7 Å². The van der Waals surface area contributed by atoms with E-state index in [9.17, 15) is 14.3 Å². The molecule has 21 heavy (non-hydrogen) atoms. The van der Waals surface area contributed by atoms with Crippen LogP contribution in [0.3, 0.4) is 0 Å². The molecule has 1 aromatic rings. The number of hydrogen-bond acceptors (Lipinski definition) is 3. The quantitative estimate of drug-likeness (QED) is 0.844. The van der Waals surface area contributed by atoms with Crippen LogP contribution in [0.2, 0.25) is 0 Å². The van der Waals surface area contributed by atoms with Crippen LogP contribution in [0.25, 0.3) is 0 Å². The summed E-state index contributed by atoms with van der Waals surface area (Å²) in [7, 11) is 1.59. The van der Waals surface area contributed by atoms with Gasteiger partial charge >= 0.3 is 6.03 Å². The van der Waals surface area contributed by atoms with E-state index in [1.165, 1.54) is 17.0 Å². The number of likely N-dealkylation sites (N-methyl/N-ethyl adjacent to an activating group) is 1. The van der Waals surface area contributed by atoms with Crippen molar-refractivity contribution in [3.63, 3.8) is 0 Å². The number of para-hydroxylation sites is 1. The highest BCUT2D eigenvalue weighted by Gasteiger charge is 2.19. The lowest BCUT2D eigenvalue weighted by Crippen LogP contribution is -2.46. The van der Waals surface area contributed by atoms with Gasteiger partial charge in [-0.3, -0.25) is 0 Å². The van der Waals surface area contributed by atoms with Gasteiger partial charge in [-0.05, 0) is 32.9 Å². The molecule has 0 fully saturated rings. The molecule has 0 aromatic heterocycles. The number of nitrogens with one attached hydrogen (secondary N) is 1. The summed E-state index contributed by atoms with van der Waals surface area (Å²) < 4.78 is 18.8. The minimum atomic E-state index is -0.957. The van der Waals surface area contributed by atoms with Crippen molar-refractivity contribution in [1.29, 1.82) is 0 Å². The minimum Gasteiger partial charge on any atom is -0.486 e. The number of carbonyl (C=O) groups is 1. The van der Waals surface area contributed by atoms with Crippen LogP contribution in [-0.4, -0.2) is 47.9 Å². The van der Waals surface area contributed by atoms with Crippen LogP contribution >= 0.6 is 0 Å². The molecule has 0 radical (unpaired) electrons. The predicted octanol–water partition coefficient (Wildman–Crippen LogP) is 2.01. The fourth-order valence-corrected chi connectivity index (χ4v) is 1.82. The van der Waals surface area contributed by atoms with Crippen LogP contribution < -0.4 is 10.1 Å². The van der Waals surface area contributed by atoms with E-state index >= 15 is 0 Å². The molecule has 1 rings (SSSR count). The van der Waals surface area contributed by atoms with Crippen LogP contribution in [0, 0.1) is 5.82 Å². The van der Waals surface area contributed by atoms with E-state index in [4.69, 9.17) is 4.74 Å². The highest BCUT2D eigenvalue weighted by atomic mass is 19.1. The Morgan fingerprint density at radius 3 is 2.67 bits per heavy atom. The number of rotatable bonds is 6. The van der Waals surface area contributed by atoms with Gasteiger partial charge in [0.2, 0.25) is 0 Å². The van der Waals surface area contributed by atoms with Crippen LogP contribution in [0.5, 0.6) is 5.75 Å². The number of hydrogen-bond donors (Lipinski definition) is 2. The lowest BCUT2D eigenvalue weighted by atomic mass is 10.1. The van der Waals surface area contributed by atoms with Crippen LogP contribution in [0.1, 0.15) is 20.8 Å². The second-order valence-electron chi connectivity index (χ2n) is 5.71. The summed E-state index contributed by atoms with van der Waals surface area (Å²) in [6.45, 7) is 5.44. The maximum absolute atomic E-state index is 13.4. The van der Waals surface area contributed by atoms with Crippen molar-refractivity contribution in [3.8, 4) is 5.75 Å². The molecule has 2 N–H and O–H groups in total. The van der Waals surface area contributed by atoms with Gasteiger partial charge in [-0.25, -0.2) is 9.18 Å². The van der Waals surface area contributed by atoms with E-state index in [-0.39, 0.29) is 31.0 Å². The molecule has 118 valence electrons. The third-order valence-electron chi connectivity index (χ3n) is 2.68. The van der Waals surface area contributed by atoms with Crippen molar-refractivity contribution in [2.75, 3.05) is 20.1 Å². The van der Waals surface area contributed by atoms with E-state index in [1.807, 2.05) is 0 Å². The van der Waals surface area contributed by atoms with E-state index in [1.54, 1.807) is 40.0 Å². The molecular formula is C15H23FN2O3. The van der Waals surface area contributed by atoms with Gasteiger partial charge in [-0.2, -0.15) is 0 Å². The zero-order valence-electron chi connectivity index (χ0n) is 12.9. The first-order chi connectivity index (χ1) is 9.69. The maximum atomic E-state index is 13.4. The molecule has 0 aliphatic rings. The van der Waals surface area contributed by atoms with Gasteiger partial charge in [-0.1, -0.05) is 12.1 Å². The maximum Gasteiger partial charge on any atom is 0.317 e. The third-order valence-corrected chi connectivity index (χ3v) is 2.68. The lowest BCUT2D eigenvalue weighted by Gasteiger charge is -2.26. The highest BCUT2D eigenvalue weighted by molar-refractivity contribution is 5.73. The molecule has 0 aliphatic heterocycles. The van der Waals surface area contributed by atoms with Gasteiger partial charge in [0.15, 0.2) is 11.6 Å². The molecule has 6 heteroatoms. The topological polar surface area (TPSA) is 61.8 Å². The number of carbonyl (C=O) groups excluding carboxylic acids is 1. The summed E-state index contributed by atoms with van der Waals surface area (Å²) in [6, 6.07) is 5.80. The molecule has 0 aliphatic carbocycles. The molecule has 0 heterocycles. The van der Waals surface area contributed by atoms with Crippen molar-refractivity contribution in [1.82, 2.24) is 10.2 Å². The van der Waals surface area contributed by atoms with E-state index in [2.05, 4.69) is 5.32 Å². The Balaban J connectivity index is 2.41. The largest absolute Gasteiger partial charge is 0.486 e. The summed E-state index contributed by atoms with van der Waals surface area (Å²) in [5, 5.41) is 12.3. The molecule has 1 aromatic carbocycles. The number of nitrogens with zero attached hydrogens (tertiary/aromatic N) is 1. The van der Waals surface area contributed by atoms with Gasteiger partial charge in [-0.15, -0.1) is 0 Å². The third kappa shape index (κ3) is 6.44. The first-order valence-electron chi connectivity index (χ1n) is 6.81. The summed E-state index contributed by atoms with van der Waals surface area (Å²) in [5.74, 6) is -0.279. The molecule has 5 nitrogen and oxygen atoms in total. The summed E-state index contributed by atoms with van der Waals surface area (Å²) in [6.07, 6.45) is -0.374. The fraction of sp³-hybridized carbons (Fsp3) is 0.533. The monoisotopic (exact) mass is 298 g/mol. The van der Waals surface area contributed by atoms with Gasteiger partial charge in [0.1, 0.15) is 6.10 Å². The zero-order chi connectivity index (χ0) is 16.0. The normalized spacial score (nSPS) is 12.7. The molecule has 1 unspecified atom stereocenters. The van der Waals surface area contributed by atoms with Gasteiger partial charge in [0.25, 0.3) is 0 Å². The number of aliphatic hydroxyl groups is 1. The number of ether oxygens (including phenoxy) is 1. The molecule has 0 bridgehead atoms. The van der Waals surface area contributed by atoms with Crippen molar-refractivity contribution in [2.24, 2.45) is 0 Å². The van der Waals surface area contributed by atoms with Crippen molar-refractivity contribution >= 4 is 6.03 Å². The fourth-order valence-electron chi connectivity index (χ4n) is 1.82. The smallest absolute Gasteiger partial charge is 0.317 e. The van der Waals surface area contributed by atoms with Gasteiger partial charge in [0, 0.05) is 7.05 Å². The molecule has 0 spiro atoms. The van der Waals surface area contributed by atoms with Crippen LogP contribution in [0.4, 0.5) is 9.18 Å². The summed E-state index contributed by atoms with van der Waals surface area (Å²) in [4.78, 5) is 13.2. The second kappa shape index (κ2) is 7.26.